The zero-order chi connectivity index (χ0) is 19.7. The number of carbonyl (C=O) groups is 1. The van der Waals surface area contributed by atoms with Gasteiger partial charge < -0.3 is 0 Å². The van der Waals surface area contributed by atoms with E-state index < -0.39 is 15.6 Å². The standard InChI is InChI=1S/C19H17N5O3S/c1-2-28(26,27)23-10-19(11-23,6-7-20)24-9-14-12-5-8-21-15-4-3-13(16(12)15)18(25)17(14)22-24/h3,5,8-9H,2,4,6,10-11H2,1H3. The van der Waals surface area contributed by atoms with Crippen LogP contribution in [0.5, 0.6) is 0 Å². The molecule has 2 aromatic rings. The highest BCUT2D eigenvalue weighted by atomic mass is 32.2. The second-order valence-electron chi connectivity index (χ2n) is 7.40. The quantitative estimate of drug-likeness (QED) is 0.773. The van der Waals surface area contributed by atoms with Crippen molar-refractivity contribution < 1.29 is 13.2 Å². The molecule has 0 spiro atoms. The van der Waals surface area contributed by atoms with Crippen LogP contribution in [0.1, 0.15) is 35.1 Å². The van der Waals surface area contributed by atoms with Gasteiger partial charge in [-0.05, 0) is 18.6 Å². The lowest BCUT2D eigenvalue weighted by atomic mass is 9.87. The monoisotopic (exact) mass is 395 g/mol. The lowest BCUT2D eigenvalue weighted by Crippen LogP contribution is -2.64. The van der Waals surface area contributed by atoms with E-state index >= 15 is 0 Å². The lowest BCUT2D eigenvalue weighted by Gasteiger charge is -2.47. The van der Waals surface area contributed by atoms with Crippen LogP contribution in [0.25, 0.3) is 16.7 Å². The molecule has 3 heterocycles. The number of hydrogen-bond acceptors (Lipinski definition) is 6. The molecule has 1 aliphatic heterocycles. The Bertz CT molecular complexity index is 1210. The van der Waals surface area contributed by atoms with Crippen LogP contribution >= 0.6 is 0 Å². The topological polar surface area (TPSA) is 109 Å². The van der Waals surface area contributed by atoms with Gasteiger partial charge in [-0.2, -0.15) is 14.7 Å². The van der Waals surface area contributed by atoms with Crippen LogP contribution in [0.15, 0.2) is 24.5 Å². The Kier molecular flexibility index (Phi) is 3.45. The molecule has 0 radical (unpaired) electrons. The van der Waals surface area contributed by atoms with E-state index in [0.29, 0.717) is 17.7 Å². The van der Waals surface area contributed by atoms with Crippen molar-refractivity contribution in [1.82, 2.24) is 19.1 Å². The number of rotatable bonds is 4. The highest BCUT2D eigenvalue weighted by Crippen LogP contribution is 2.44. The normalized spacial score (nSPS) is 19.4. The maximum atomic E-state index is 13.0. The van der Waals surface area contributed by atoms with Crippen molar-refractivity contribution in [3.8, 4) is 17.2 Å². The van der Waals surface area contributed by atoms with E-state index in [1.165, 1.54) is 4.31 Å². The molecule has 0 bridgehead atoms. The number of nitriles is 1. The number of aromatic nitrogens is 3. The van der Waals surface area contributed by atoms with Crippen LogP contribution in [0.2, 0.25) is 0 Å². The van der Waals surface area contributed by atoms with Crippen LogP contribution in [0.3, 0.4) is 0 Å². The van der Waals surface area contributed by atoms with Gasteiger partial charge in [0.1, 0.15) is 11.2 Å². The predicted molar refractivity (Wildman–Crippen MR) is 101 cm³/mol. The second kappa shape index (κ2) is 5.59. The predicted octanol–water partition coefficient (Wildman–Crippen LogP) is 1.36. The van der Waals surface area contributed by atoms with Crippen LogP contribution in [-0.2, 0) is 22.0 Å². The number of carbonyl (C=O) groups excluding carboxylic acids is 1. The van der Waals surface area contributed by atoms with Crippen LogP contribution in [-0.4, -0.2) is 52.1 Å². The van der Waals surface area contributed by atoms with Crippen molar-refractivity contribution in [3.05, 3.63) is 41.5 Å². The Balaban J connectivity index is 1.61. The second-order valence-corrected chi connectivity index (χ2v) is 9.65. The number of pyridine rings is 1. The van der Waals surface area contributed by atoms with Gasteiger partial charge in [-0.3, -0.25) is 14.5 Å². The Morgan fingerprint density at radius 1 is 1.32 bits per heavy atom. The van der Waals surface area contributed by atoms with E-state index in [2.05, 4.69) is 16.2 Å². The summed E-state index contributed by atoms with van der Waals surface area (Å²) in [4.78, 5) is 17.3. The summed E-state index contributed by atoms with van der Waals surface area (Å²) in [5.74, 6) is -0.126. The molecule has 2 aliphatic carbocycles. The average Bonchev–Trinajstić information content (AvgIpc) is 3.28. The van der Waals surface area contributed by atoms with Crippen LogP contribution < -0.4 is 0 Å². The molecule has 5 rings (SSSR count). The van der Waals surface area contributed by atoms with Crippen molar-refractivity contribution in [2.45, 2.75) is 25.3 Å². The van der Waals surface area contributed by atoms with Crippen molar-refractivity contribution in [1.29, 1.82) is 5.26 Å². The fourth-order valence-corrected chi connectivity index (χ4v) is 5.51. The maximum absolute atomic E-state index is 13.0. The molecular weight excluding hydrogens is 378 g/mol. The van der Waals surface area contributed by atoms with Crippen molar-refractivity contribution in [3.63, 3.8) is 0 Å². The van der Waals surface area contributed by atoms with Crippen LogP contribution in [0.4, 0.5) is 0 Å². The van der Waals surface area contributed by atoms with E-state index in [-0.39, 0.29) is 31.0 Å². The summed E-state index contributed by atoms with van der Waals surface area (Å²) in [7, 11) is -3.33. The van der Waals surface area contributed by atoms with E-state index in [4.69, 9.17) is 0 Å². The molecule has 0 atom stereocenters. The van der Waals surface area contributed by atoms with Gasteiger partial charge in [0.15, 0.2) is 0 Å². The number of fused-ring (bicyclic) bond motifs is 2. The Morgan fingerprint density at radius 2 is 2.11 bits per heavy atom. The van der Waals surface area contributed by atoms with E-state index in [0.717, 1.165) is 22.4 Å². The minimum absolute atomic E-state index is 0.0149. The molecular formula is C19H17N5O3S. The Labute approximate surface area is 162 Å². The summed E-state index contributed by atoms with van der Waals surface area (Å²) in [6.45, 7) is 1.96. The third-order valence-electron chi connectivity index (χ3n) is 5.86. The van der Waals surface area contributed by atoms with Gasteiger partial charge in [-0.1, -0.05) is 6.08 Å². The summed E-state index contributed by atoms with van der Waals surface area (Å²) >= 11 is 0. The molecule has 28 heavy (non-hydrogen) atoms. The Hall–Kier alpha value is -2.83. The number of allylic oxidation sites excluding steroid dienone is 2. The van der Waals surface area contributed by atoms with Crippen molar-refractivity contribution in [2.24, 2.45) is 0 Å². The summed E-state index contributed by atoms with van der Waals surface area (Å²) in [5.41, 5.74) is 3.63. The van der Waals surface area contributed by atoms with Gasteiger partial charge in [0.25, 0.3) is 0 Å². The van der Waals surface area contributed by atoms with E-state index in [1.54, 1.807) is 24.0 Å². The van der Waals surface area contributed by atoms with E-state index in [1.807, 2.05) is 12.1 Å². The minimum atomic E-state index is -3.33. The van der Waals surface area contributed by atoms with Gasteiger partial charge in [0.05, 0.1) is 23.9 Å². The number of ketones is 1. The summed E-state index contributed by atoms with van der Waals surface area (Å²) in [6, 6.07) is 4.03. The molecule has 1 fully saturated rings. The summed E-state index contributed by atoms with van der Waals surface area (Å²) in [6.07, 6.45) is 6.15. The third kappa shape index (κ3) is 2.13. The zero-order valence-electron chi connectivity index (χ0n) is 15.2. The number of sulfonamides is 1. The maximum Gasteiger partial charge on any atom is 0.214 e. The first-order valence-electron chi connectivity index (χ1n) is 9.08. The van der Waals surface area contributed by atoms with E-state index in [9.17, 15) is 18.5 Å². The molecule has 0 aromatic carbocycles. The summed E-state index contributed by atoms with van der Waals surface area (Å²) in [5, 5.41) is 13.9. The molecule has 1 saturated heterocycles. The number of Topliss-reactive ketones (excluding diaryl/α,β-unsaturated/α-hetero) is 1. The lowest BCUT2D eigenvalue weighted by molar-refractivity contribution is 0.0711. The fraction of sp³-hybridized carbons (Fsp3) is 0.368. The van der Waals surface area contributed by atoms with Gasteiger partial charge in [0.2, 0.25) is 15.8 Å². The molecule has 9 heteroatoms. The average molecular weight is 395 g/mol. The highest BCUT2D eigenvalue weighted by molar-refractivity contribution is 7.89. The molecule has 0 amide bonds. The number of nitrogens with zero attached hydrogens (tertiary/aromatic N) is 5. The first kappa shape index (κ1) is 17.3. The van der Waals surface area contributed by atoms with Gasteiger partial charge in [-0.15, -0.1) is 0 Å². The third-order valence-corrected chi connectivity index (χ3v) is 7.63. The largest absolute Gasteiger partial charge is 0.287 e. The smallest absolute Gasteiger partial charge is 0.214 e. The van der Waals surface area contributed by atoms with Crippen LogP contribution in [0, 0.1) is 11.3 Å². The summed E-state index contributed by atoms with van der Waals surface area (Å²) < 4.78 is 27.3. The molecule has 0 unspecified atom stereocenters. The molecule has 3 aliphatic rings. The van der Waals surface area contributed by atoms with Gasteiger partial charge in [0, 0.05) is 48.6 Å². The molecule has 0 saturated carbocycles. The number of hydrogen-bond donors (Lipinski definition) is 0. The highest BCUT2D eigenvalue weighted by Gasteiger charge is 2.50. The molecule has 0 N–H and O–H groups in total. The minimum Gasteiger partial charge on any atom is -0.287 e. The Morgan fingerprint density at radius 3 is 2.82 bits per heavy atom. The zero-order valence-corrected chi connectivity index (χ0v) is 16.0. The first-order valence-corrected chi connectivity index (χ1v) is 10.7. The van der Waals surface area contributed by atoms with Crippen molar-refractivity contribution in [2.75, 3.05) is 18.8 Å². The SMILES string of the molecule is CCS(=O)(=O)N1CC(CC#N)(n2cc3c(n2)C(=O)C2=CCc4nccc-3c42)C1. The molecule has 2 aromatic heterocycles. The molecule has 8 nitrogen and oxygen atoms in total. The van der Waals surface area contributed by atoms with Gasteiger partial charge >= 0.3 is 0 Å². The first-order chi connectivity index (χ1) is 13.4. The molecule has 142 valence electrons. The van der Waals surface area contributed by atoms with Gasteiger partial charge in [-0.25, -0.2) is 8.42 Å². The fourth-order valence-electron chi connectivity index (χ4n) is 4.28. The van der Waals surface area contributed by atoms with Crippen molar-refractivity contribution >= 4 is 21.4 Å².